The van der Waals surface area contributed by atoms with Crippen LogP contribution in [0.4, 0.5) is 0 Å². The zero-order valence-corrected chi connectivity index (χ0v) is 12.2. The molecule has 0 amide bonds. The van der Waals surface area contributed by atoms with E-state index >= 15 is 0 Å². The summed E-state index contributed by atoms with van der Waals surface area (Å²) in [6.07, 6.45) is 2.89. The van der Waals surface area contributed by atoms with Crippen molar-refractivity contribution in [3.8, 4) is 0 Å². The van der Waals surface area contributed by atoms with Gasteiger partial charge in [-0.3, -0.25) is 4.79 Å². The van der Waals surface area contributed by atoms with Crippen molar-refractivity contribution in [2.24, 2.45) is 0 Å². The summed E-state index contributed by atoms with van der Waals surface area (Å²) in [4.78, 5) is 11.6. The summed E-state index contributed by atoms with van der Waals surface area (Å²) in [6, 6.07) is 14.2. The van der Waals surface area contributed by atoms with Gasteiger partial charge < -0.3 is 9.88 Å². The fourth-order valence-corrected chi connectivity index (χ4v) is 2.21. The average Bonchev–Trinajstić information content (AvgIpc) is 2.49. The number of aryl methyl sites for hydroxylation is 1. The number of pyridine rings is 1. The lowest BCUT2D eigenvalue weighted by atomic mass is 10.1. The third-order valence-corrected chi connectivity index (χ3v) is 3.59. The van der Waals surface area contributed by atoms with E-state index in [1.807, 2.05) is 12.3 Å². The molecule has 0 saturated heterocycles. The van der Waals surface area contributed by atoms with Crippen molar-refractivity contribution in [2.75, 3.05) is 6.54 Å². The Kier molecular flexibility index (Phi) is 5.13. The van der Waals surface area contributed by atoms with Gasteiger partial charge in [0.1, 0.15) is 0 Å². The first-order valence-electron chi connectivity index (χ1n) is 7.18. The zero-order chi connectivity index (χ0) is 14.4. The lowest BCUT2D eigenvalue weighted by molar-refractivity contribution is 0.524. The molecular formula is C17H22N2O. The summed E-state index contributed by atoms with van der Waals surface area (Å²) < 4.78 is 1.72. The van der Waals surface area contributed by atoms with Gasteiger partial charge in [0.25, 0.3) is 5.56 Å². The molecule has 2 rings (SSSR count). The maximum absolute atomic E-state index is 11.6. The highest BCUT2D eigenvalue weighted by Crippen LogP contribution is 2.13. The maximum Gasteiger partial charge on any atom is 0.250 e. The lowest BCUT2D eigenvalue weighted by Gasteiger charge is -2.15. The Balaban J connectivity index is 1.87. The van der Waals surface area contributed by atoms with Crippen LogP contribution in [0.25, 0.3) is 0 Å². The largest absolute Gasteiger partial charge is 0.314 e. The van der Waals surface area contributed by atoms with Crippen LogP contribution in [0, 0.1) is 0 Å². The number of aromatic nitrogens is 1. The topological polar surface area (TPSA) is 34.0 Å². The van der Waals surface area contributed by atoms with Crippen LogP contribution in [0.3, 0.4) is 0 Å². The van der Waals surface area contributed by atoms with E-state index in [1.165, 1.54) is 11.1 Å². The van der Waals surface area contributed by atoms with Gasteiger partial charge in [-0.15, -0.1) is 0 Å². The summed E-state index contributed by atoms with van der Waals surface area (Å²) in [5.74, 6) is 0. The van der Waals surface area contributed by atoms with Gasteiger partial charge in [0.2, 0.25) is 0 Å². The standard InChI is InChI=1S/C17H22N2O/c1-3-15-7-9-16(10-8-15)14(2)18-11-13-19-12-5-4-6-17(19)20/h4-10,12,14,18H,3,11,13H2,1-2H3. The highest BCUT2D eigenvalue weighted by atomic mass is 16.1. The minimum absolute atomic E-state index is 0.0502. The molecule has 0 radical (unpaired) electrons. The molecule has 1 aromatic heterocycles. The van der Waals surface area contributed by atoms with Crippen molar-refractivity contribution in [3.63, 3.8) is 0 Å². The molecule has 0 aliphatic heterocycles. The van der Waals surface area contributed by atoms with Crippen LogP contribution in [-0.2, 0) is 13.0 Å². The second-order valence-electron chi connectivity index (χ2n) is 5.00. The van der Waals surface area contributed by atoms with Crippen molar-refractivity contribution in [1.82, 2.24) is 9.88 Å². The van der Waals surface area contributed by atoms with Gasteiger partial charge in [-0.05, 0) is 30.5 Å². The highest BCUT2D eigenvalue weighted by molar-refractivity contribution is 5.24. The molecule has 106 valence electrons. The van der Waals surface area contributed by atoms with Crippen LogP contribution < -0.4 is 10.9 Å². The Morgan fingerprint density at radius 2 is 1.90 bits per heavy atom. The SMILES string of the molecule is CCc1ccc(C(C)NCCn2ccccc2=O)cc1. The van der Waals surface area contributed by atoms with Gasteiger partial charge in [0.15, 0.2) is 0 Å². The molecule has 0 spiro atoms. The fourth-order valence-electron chi connectivity index (χ4n) is 2.21. The van der Waals surface area contributed by atoms with E-state index in [0.717, 1.165) is 13.0 Å². The molecule has 2 aromatic rings. The molecule has 3 heteroatoms. The average molecular weight is 270 g/mol. The quantitative estimate of drug-likeness (QED) is 0.875. The van der Waals surface area contributed by atoms with Gasteiger partial charge >= 0.3 is 0 Å². The third-order valence-electron chi connectivity index (χ3n) is 3.59. The second-order valence-corrected chi connectivity index (χ2v) is 5.00. The van der Waals surface area contributed by atoms with Gasteiger partial charge in [-0.25, -0.2) is 0 Å². The van der Waals surface area contributed by atoms with Crippen LogP contribution in [0.2, 0.25) is 0 Å². The Morgan fingerprint density at radius 1 is 1.15 bits per heavy atom. The minimum Gasteiger partial charge on any atom is -0.314 e. The first-order valence-corrected chi connectivity index (χ1v) is 7.18. The number of nitrogens with one attached hydrogen (secondary N) is 1. The summed E-state index contributed by atoms with van der Waals surface area (Å²) >= 11 is 0. The molecule has 1 N–H and O–H groups in total. The van der Waals surface area contributed by atoms with Crippen LogP contribution in [0.5, 0.6) is 0 Å². The molecule has 1 unspecified atom stereocenters. The van der Waals surface area contributed by atoms with E-state index in [1.54, 1.807) is 16.7 Å². The fraction of sp³-hybridized carbons (Fsp3) is 0.353. The van der Waals surface area contributed by atoms with E-state index < -0.39 is 0 Å². The van der Waals surface area contributed by atoms with Crippen LogP contribution in [0.15, 0.2) is 53.5 Å². The van der Waals surface area contributed by atoms with Crippen molar-refractivity contribution in [1.29, 1.82) is 0 Å². The van der Waals surface area contributed by atoms with Gasteiger partial charge in [0.05, 0.1) is 0 Å². The molecule has 20 heavy (non-hydrogen) atoms. The summed E-state index contributed by atoms with van der Waals surface area (Å²) in [7, 11) is 0. The van der Waals surface area contributed by atoms with Crippen LogP contribution >= 0.6 is 0 Å². The predicted octanol–water partition coefficient (Wildman–Crippen LogP) is 2.76. The number of hydrogen-bond donors (Lipinski definition) is 1. The Morgan fingerprint density at radius 3 is 2.55 bits per heavy atom. The van der Waals surface area contributed by atoms with Crippen molar-refractivity contribution >= 4 is 0 Å². The summed E-state index contributed by atoms with van der Waals surface area (Å²) in [5, 5.41) is 3.45. The minimum atomic E-state index is 0.0502. The van der Waals surface area contributed by atoms with Crippen LogP contribution in [0.1, 0.15) is 31.0 Å². The van der Waals surface area contributed by atoms with E-state index in [0.29, 0.717) is 12.6 Å². The van der Waals surface area contributed by atoms with E-state index in [9.17, 15) is 4.79 Å². The highest BCUT2D eigenvalue weighted by Gasteiger charge is 2.04. The third kappa shape index (κ3) is 3.81. The number of benzene rings is 1. The van der Waals surface area contributed by atoms with Crippen LogP contribution in [-0.4, -0.2) is 11.1 Å². The smallest absolute Gasteiger partial charge is 0.250 e. The second kappa shape index (κ2) is 7.06. The molecule has 1 aromatic carbocycles. The number of rotatable bonds is 6. The molecule has 0 aliphatic rings. The predicted molar refractivity (Wildman–Crippen MR) is 82.9 cm³/mol. The number of nitrogens with zero attached hydrogens (tertiary/aromatic N) is 1. The first-order chi connectivity index (χ1) is 9.70. The van der Waals surface area contributed by atoms with Crippen molar-refractivity contribution in [2.45, 2.75) is 32.9 Å². The molecular weight excluding hydrogens is 248 g/mol. The zero-order valence-electron chi connectivity index (χ0n) is 12.2. The van der Waals surface area contributed by atoms with Gasteiger partial charge in [-0.2, -0.15) is 0 Å². The first kappa shape index (κ1) is 14.5. The Bertz CT molecular complexity index is 586. The molecule has 0 aliphatic carbocycles. The van der Waals surface area contributed by atoms with Crippen molar-refractivity contribution in [3.05, 3.63) is 70.1 Å². The maximum atomic E-state index is 11.6. The molecule has 0 saturated carbocycles. The summed E-state index contributed by atoms with van der Waals surface area (Å²) in [6.45, 7) is 5.78. The van der Waals surface area contributed by atoms with Crippen molar-refractivity contribution < 1.29 is 0 Å². The Labute approximate surface area is 120 Å². The Hall–Kier alpha value is -1.87. The monoisotopic (exact) mass is 270 g/mol. The normalized spacial score (nSPS) is 12.3. The van der Waals surface area contributed by atoms with E-state index in [-0.39, 0.29) is 5.56 Å². The van der Waals surface area contributed by atoms with Gasteiger partial charge in [0, 0.05) is 31.4 Å². The van der Waals surface area contributed by atoms with E-state index in [2.05, 4.69) is 43.4 Å². The molecule has 1 atom stereocenters. The number of hydrogen-bond acceptors (Lipinski definition) is 2. The van der Waals surface area contributed by atoms with Gasteiger partial charge in [-0.1, -0.05) is 37.3 Å². The lowest BCUT2D eigenvalue weighted by Crippen LogP contribution is -2.27. The molecule has 3 nitrogen and oxygen atoms in total. The molecule has 0 fully saturated rings. The summed E-state index contributed by atoms with van der Waals surface area (Å²) in [5.41, 5.74) is 2.69. The molecule has 1 heterocycles. The van der Waals surface area contributed by atoms with E-state index in [4.69, 9.17) is 0 Å². The molecule has 0 bridgehead atoms.